The van der Waals surface area contributed by atoms with Crippen LogP contribution < -0.4 is 4.48 Å². The second kappa shape index (κ2) is 23.1. The summed E-state index contributed by atoms with van der Waals surface area (Å²) in [4.78, 5) is 0. The van der Waals surface area contributed by atoms with Gasteiger partial charge in [0.15, 0.2) is 0 Å². The number of hydrogen-bond donors (Lipinski definition) is 0. The molecule has 222 valence electrons. The minimum atomic E-state index is 0. The van der Waals surface area contributed by atoms with Crippen LogP contribution in [0.4, 0.5) is 5.69 Å². The third-order valence-corrected chi connectivity index (χ3v) is 8.56. The lowest BCUT2D eigenvalue weighted by Gasteiger charge is -2.40. The minimum absolute atomic E-state index is 0. The van der Waals surface area contributed by atoms with Crippen molar-refractivity contribution in [2.24, 2.45) is 0 Å². The maximum atomic E-state index is 2.50. The summed E-state index contributed by atoms with van der Waals surface area (Å²) < 4.78 is 1.22. The fraction of sp³-hybridized carbons (Fsp3) is 0.676. The quantitative estimate of drug-likeness (QED) is 0.0967. The second-order valence-electron chi connectivity index (χ2n) is 11.9. The molecule has 0 saturated carbocycles. The van der Waals surface area contributed by atoms with Gasteiger partial charge in [0, 0.05) is 12.0 Å². The van der Waals surface area contributed by atoms with E-state index in [4.69, 9.17) is 0 Å². The van der Waals surface area contributed by atoms with Crippen molar-refractivity contribution in [2.75, 3.05) is 19.6 Å². The second-order valence-corrected chi connectivity index (χ2v) is 11.9. The molecule has 0 radical (unpaired) electrons. The van der Waals surface area contributed by atoms with Gasteiger partial charge >= 0.3 is 0 Å². The van der Waals surface area contributed by atoms with E-state index in [1.54, 1.807) is 11.3 Å². The molecule has 0 aliphatic heterocycles. The first-order valence-corrected chi connectivity index (χ1v) is 16.7. The van der Waals surface area contributed by atoms with Crippen LogP contribution in [-0.2, 0) is 6.42 Å². The van der Waals surface area contributed by atoms with E-state index in [0.717, 1.165) is 6.42 Å². The zero-order valence-electron chi connectivity index (χ0n) is 26.1. The van der Waals surface area contributed by atoms with Gasteiger partial charge in [-0.25, -0.2) is 0 Å². The minimum Gasteiger partial charge on any atom is -0.870 e. The van der Waals surface area contributed by atoms with Gasteiger partial charge in [-0.2, -0.15) is 0 Å². The van der Waals surface area contributed by atoms with Crippen LogP contribution in [0.25, 0.3) is 0 Å². The van der Waals surface area contributed by atoms with Gasteiger partial charge in [-0.15, -0.1) is 0 Å². The van der Waals surface area contributed by atoms with E-state index >= 15 is 0 Å². The lowest BCUT2D eigenvalue weighted by molar-refractivity contribution is 0.251. The van der Waals surface area contributed by atoms with E-state index in [9.17, 15) is 0 Å². The van der Waals surface area contributed by atoms with Crippen LogP contribution >= 0.6 is 0 Å². The van der Waals surface area contributed by atoms with Gasteiger partial charge < -0.3 is 5.48 Å². The van der Waals surface area contributed by atoms with Gasteiger partial charge in [0.1, 0.15) is 5.69 Å². The van der Waals surface area contributed by atoms with Gasteiger partial charge in [-0.3, -0.25) is 4.48 Å². The molecule has 0 aromatic heterocycles. The van der Waals surface area contributed by atoms with Crippen LogP contribution in [0.5, 0.6) is 0 Å². The highest BCUT2D eigenvalue weighted by Crippen LogP contribution is 2.32. The fourth-order valence-corrected chi connectivity index (χ4v) is 6.22. The predicted octanol–water partition coefficient (Wildman–Crippen LogP) is 11.5. The summed E-state index contributed by atoms with van der Waals surface area (Å²) in [7, 11) is 0. The molecule has 39 heavy (non-hydrogen) atoms. The number of unbranched alkanes of at least 4 members (excludes halogenated alkanes) is 15. The van der Waals surface area contributed by atoms with Crippen molar-refractivity contribution < 1.29 is 5.48 Å². The number of rotatable bonds is 24. The smallest absolute Gasteiger partial charge is 0.136 e. The van der Waals surface area contributed by atoms with Crippen molar-refractivity contribution in [3.05, 3.63) is 65.7 Å². The summed E-state index contributed by atoms with van der Waals surface area (Å²) >= 11 is 0. The maximum Gasteiger partial charge on any atom is 0.136 e. The van der Waals surface area contributed by atoms with Crippen LogP contribution in [0, 0.1) is 0 Å². The molecule has 0 spiro atoms. The molecule has 2 aromatic rings. The van der Waals surface area contributed by atoms with Crippen LogP contribution in [0.1, 0.15) is 147 Å². The van der Waals surface area contributed by atoms with Crippen LogP contribution in [0.2, 0.25) is 0 Å². The Hall–Kier alpha value is -1.64. The van der Waals surface area contributed by atoms with Gasteiger partial charge in [0.05, 0.1) is 19.6 Å². The van der Waals surface area contributed by atoms with E-state index in [0.29, 0.717) is 0 Å². The SMILES string of the molecule is CCCCCCCC[N+](CCCCCCCC)(CCCCCCCC)c1ccccc1Cc1ccccc1.[OH-]. The number of benzene rings is 2. The Morgan fingerprint density at radius 3 is 1.28 bits per heavy atom. The highest BCUT2D eigenvalue weighted by molar-refractivity contribution is 5.52. The topological polar surface area (TPSA) is 30.0 Å². The molecule has 0 unspecified atom stereocenters. The number of nitrogens with zero attached hydrogens (tertiary/aromatic N) is 1. The number of para-hydroxylation sites is 1. The molecule has 1 N–H and O–H groups in total. The zero-order valence-corrected chi connectivity index (χ0v) is 26.1. The third-order valence-electron chi connectivity index (χ3n) is 8.56. The normalized spacial score (nSPS) is 11.5. The molecule has 0 amide bonds. The Morgan fingerprint density at radius 2 is 0.821 bits per heavy atom. The zero-order chi connectivity index (χ0) is 27.2. The Kier molecular flexibility index (Phi) is 21.0. The Labute approximate surface area is 243 Å². The van der Waals surface area contributed by atoms with Gasteiger partial charge in [-0.1, -0.05) is 146 Å². The maximum absolute atomic E-state index is 2.50. The van der Waals surface area contributed by atoms with Crippen LogP contribution in [-0.4, -0.2) is 25.1 Å². The third kappa shape index (κ3) is 14.5. The van der Waals surface area contributed by atoms with E-state index in [1.165, 1.54) is 145 Å². The van der Waals surface area contributed by atoms with Gasteiger partial charge in [0.2, 0.25) is 0 Å². The van der Waals surface area contributed by atoms with Crippen LogP contribution in [0.15, 0.2) is 54.6 Å². The largest absolute Gasteiger partial charge is 0.870 e. The molecular formula is C37H63NO. The molecular weight excluding hydrogens is 474 g/mol. The molecule has 0 saturated heterocycles. The first-order valence-electron chi connectivity index (χ1n) is 16.7. The molecule has 2 rings (SSSR count). The van der Waals surface area contributed by atoms with Crippen molar-refractivity contribution >= 4 is 5.69 Å². The lowest BCUT2D eigenvalue weighted by Crippen LogP contribution is -2.52. The fourth-order valence-electron chi connectivity index (χ4n) is 6.22. The number of hydrogen-bond acceptors (Lipinski definition) is 1. The highest BCUT2D eigenvalue weighted by Gasteiger charge is 2.31. The summed E-state index contributed by atoms with van der Waals surface area (Å²) in [6, 6.07) is 20.7. The summed E-state index contributed by atoms with van der Waals surface area (Å²) in [5.41, 5.74) is 4.63. The van der Waals surface area contributed by atoms with Crippen molar-refractivity contribution in [3.8, 4) is 0 Å². The highest BCUT2D eigenvalue weighted by atomic mass is 16.0. The van der Waals surface area contributed by atoms with Crippen LogP contribution in [0.3, 0.4) is 0 Å². The molecule has 0 aliphatic carbocycles. The monoisotopic (exact) mass is 537 g/mol. The van der Waals surface area contributed by atoms with Crippen molar-refractivity contribution in [2.45, 2.75) is 143 Å². The van der Waals surface area contributed by atoms with E-state index in [2.05, 4.69) is 75.4 Å². The standard InChI is InChI=1S/C37H62N.H2O/c1-4-7-10-13-16-24-31-38(32-25-17-14-11-8-5-2,33-26-18-15-12-9-6-3)37-30-23-22-29-36(37)34-35-27-20-19-21-28-35;/h19-23,27-30H,4-18,24-26,31-34H2,1-3H3;1H2/q+1;/p-1. The molecule has 2 aromatic carbocycles. The first-order chi connectivity index (χ1) is 18.8. The summed E-state index contributed by atoms with van der Waals surface area (Å²) in [5, 5.41) is 0. The average molecular weight is 538 g/mol. The van der Waals surface area contributed by atoms with E-state index in [-0.39, 0.29) is 5.48 Å². The summed E-state index contributed by atoms with van der Waals surface area (Å²) in [6.45, 7) is 10.9. The Balaban J connectivity index is 0.00000760. The Morgan fingerprint density at radius 1 is 0.436 bits per heavy atom. The Bertz CT molecular complexity index is 761. The molecule has 0 bridgehead atoms. The lowest BCUT2D eigenvalue weighted by atomic mass is 9.98. The van der Waals surface area contributed by atoms with E-state index in [1.807, 2.05) is 0 Å². The molecule has 0 atom stereocenters. The van der Waals surface area contributed by atoms with Crippen molar-refractivity contribution in [3.63, 3.8) is 0 Å². The molecule has 0 fully saturated rings. The average Bonchev–Trinajstić information content (AvgIpc) is 2.95. The summed E-state index contributed by atoms with van der Waals surface area (Å²) in [6.07, 6.45) is 26.0. The summed E-state index contributed by atoms with van der Waals surface area (Å²) in [5.74, 6) is 0. The van der Waals surface area contributed by atoms with Gasteiger partial charge in [-0.05, 0) is 50.2 Å². The molecule has 2 nitrogen and oxygen atoms in total. The van der Waals surface area contributed by atoms with Crippen molar-refractivity contribution in [1.29, 1.82) is 0 Å². The number of quaternary nitrogens is 1. The molecule has 2 heteroatoms. The van der Waals surface area contributed by atoms with E-state index < -0.39 is 0 Å². The molecule has 0 aliphatic rings. The predicted molar refractivity (Wildman–Crippen MR) is 174 cm³/mol. The molecule has 0 heterocycles. The first kappa shape index (κ1) is 35.4. The van der Waals surface area contributed by atoms with Gasteiger partial charge in [0.25, 0.3) is 0 Å². The van der Waals surface area contributed by atoms with Crippen molar-refractivity contribution in [1.82, 2.24) is 4.48 Å².